The number of rotatable bonds is 5. The first-order chi connectivity index (χ1) is 9.63. The Kier molecular flexibility index (Phi) is 4.81. The quantitative estimate of drug-likeness (QED) is 0.476. The second-order valence-electron chi connectivity index (χ2n) is 4.80. The molecule has 1 aromatic rings. The van der Waals surface area contributed by atoms with E-state index in [0.717, 1.165) is 12.0 Å². The van der Waals surface area contributed by atoms with Gasteiger partial charge in [-0.2, -0.15) is 0 Å². The Balaban J connectivity index is 1.89. The minimum Gasteiger partial charge on any atom is -0.493 e. The Morgan fingerprint density at radius 2 is 2.25 bits per heavy atom. The van der Waals surface area contributed by atoms with E-state index in [0.29, 0.717) is 24.5 Å². The van der Waals surface area contributed by atoms with Crippen molar-refractivity contribution < 1.29 is 19.0 Å². The molecule has 2 unspecified atom stereocenters. The highest BCUT2D eigenvalue weighted by atomic mass is 16.6. The molecule has 0 bridgehead atoms. The number of amides is 1. The molecule has 1 amide bonds. The number of hydrazine groups is 1. The van der Waals surface area contributed by atoms with Gasteiger partial charge in [0.25, 0.3) is 5.91 Å². The monoisotopic (exact) mass is 280 g/mol. The summed E-state index contributed by atoms with van der Waals surface area (Å²) in [6, 6.07) is 5.74. The second-order valence-corrected chi connectivity index (χ2v) is 4.80. The topological polar surface area (TPSA) is 82.8 Å². The second kappa shape index (κ2) is 6.58. The van der Waals surface area contributed by atoms with Crippen LogP contribution < -0.4 is 20.7 Å². The van der Waals surface area contributed by atoms with Crippen LogP contribution in [0, 0.1) is 6.92 Å². The van der Waals surface area contributed by atoms with Gasteiger partial charge in [0.05, 0.1) is 13.2 Å². The Bertz CT molecular complexity index is 478. The lowest BCUT2D eigenvalue weighted by Gasteiger charge is -2.15. The van der Waals surface area contributed by atoms with E-state index in [1.165, 1.54) is 0 Å². The van der Waals surface area contributed by atoms with Gasteiger partial charge in [0.2, 0.25) is 0 Å². The first-order valence-electron chi connectivity index (χ1n) is 6.57. The molecule has 0 aromatic heterocycles. The molecule has 3 N–H and O–H groups in total. The van der Waals surface area contributed by atoms with Crippen LogP contribution in [0.3, 0.4) is 0 Å². The molecule has 110 valence electrons. The highest BCUT2D eigenvalue weighted by Crippen LogP contribution is 2.29. The van der Waals surface area contributed by atoms with Gasteiger partial charge in [-0.25, -0.2) is 5.84 Å². The standard InChI is InChI=1S/C14H20N2O4/c1-9-3-5-11(13(7-9)18-2)19-8-10-4-6-12(20-10)14(17)16-15/h3,5,7,10,12H,4,6,8,15H2,1-2H3,(H,16,17). The molecular formula is C14H20N2O4. The van der Waals surface area contributed by atoms with Crippen molar-refractivity contribution in [3.05, 3.63) is 23.8 Å². The van der Waals surface area contributed by atoms with Crippen LogP contribution >= 0.6 is 0 Å². The Hall–Kier alpha value is -1.79. The molecule has 1 heterocycles. The number of carbonyl (C=O) groups is 1. The van der Waals surface area contributed by atoms with Crippen LogP contribution in [0.2, 0.25) is 0 Å². The average molecular weight is 280 g/mol. The van der Waals surface area contributed by atoms with Crippen molar-refractivity contribution in [2.45, 2.75) is 32.0 Å². The number of hydrogen-bond donors (Lipinski definition) is 2. The third-order valence-electron chi connectivity index (χ3n) is 3.29. The van der Waals surface area contributed by atoms with Crippen LogP contribution in [-0.2, 0) is 9.53 Å². The van der Waals surface area contributed by atoms with Gasteiger partial charge in [-0.15, -0.1) is 0 Å². The molecule has 0 spiro atoms. The number of ether oxygens (including phenoxy) is 3. The maximum absolute atomic E-state index is 11.3. The molecule has 1 fully saturated rings. The van der Waals surface area contributed by atoms with Crippen LogP contribution in [0.1, 0.15) is 18.4 Å². The molecule has 0 radical (unpaired) electrons. The Morgan fingerprint density at radius 3 is 2.95 bits per heavy atom. The van der Waals surface area contributed by atoms with Crippen molar-refractivity contribution in [2.24, 2.45) is 5.84 Å². The highest BCUT2D eigenvalue weighted by Gasteiger charge is 2.30. The lowest BCUT2D eigenvalue weighted by Crippen LogP contribution is -2.39. The van der Waals surface area contributed by atoms with Crippen molar-refractivity contribution in [3.8, 4) is 11.5 Å². The molecule has 2 atom stereocenters. The number of nitrogens with one attached hydrogen (secondary N) is 1. The van der Waals surface area contributed by atoms with E-state index in [9.17, 15) is 4.79 Å². The van der Waals surface area contributed by atoms with E-state index in [-0.39, 0.29) is 12.0 Å². The maximum atomic E-state index is 11.3. The summed E-state index contributed by atoms with van der Waals surface area (Å²) in [6.07, 6.45) is 0.839. The zero-order valence-corrected chi connectivity index (χ0v) is 11.7. The molecule has 6 nitrogen and oxygen atoms in total. The largest absolute Gasteiger partial charge is 0.493 e. The van der Waals surface area contributed by atoms with Crippen molar-refractivity contribution >= 4 is 5.91 Å². The summed E-state index contributed by atoms with van der Waals surface area (Å²) >= 11 is 0. The van der Waals surface area contributed by atoms with Crippen LogP contribution in [0.5, 0.6) is 11.5 Å². The number of carbonyl (C=O) groups excluding carboxylic acids is 1. The van der Waals surface area contributed by atoms with Gasteiger partial charge in [0.1, 0.15) is 12.7 Å². The van der Waals surface area contributed by atoms with Crippen LogP contribution in [0.4, 0.5) is 0 Å². The van der Waals surface area contributed by atoms with E-state index in [1.54, 1.807) is 7.11 Å². The minimum atomic E-state index is -0.478. The first kappa shape index (κ1) is 14.6. The molecule has 0 aliphatic carbocycles. The van der Waals surface area contributed by atoms with Crippen LogP contribution in [0.25, 0.3) is 0 Å². The molecular weight excluding hydrogens is 260 g/mol. The van der Waals surface area contributed by atoms with Gasteiger partial charge in [-0.05, 0) is 37.5 Å². The third-order valence-corrected chi connectivity index (χ3v) is 3.29. The summed E-state index contributed by atoms with van der Waals surface area (Å²) in [7, 11) is 1.61. The van der Waals surface area contributed by atoms with Gasteiger partial charge in [0, 0.05) is 0 Å². The fourth-order valence-corrected chi connectivity index (χ4v) is 2.19. The van der Waals surface area contributed by atoms with Gasteiger partial charge >= 0.3 is 0 Å². The number of aryl methyl sites for hydroxylation is 1. The van der Waals surface area contributed by atoms with Gasteiger partial charge < -0.3 is 14.2 Å². The fourth-order valence-electron chi connectivity index (χ4n) is 2.19. The molecule has 1 aromatic carbocycles. The SMILES string of the molecule is COc1cc(C)ccc1OCC1CCC(C(=O)NN)O1. The summed E-state index contributed by atoms with van der Waals surface area (Å²) in [5.74, 6) is 6.16. The predicted octanol–water partition coefficient (Wildman–Crippen LogP) is 0.920. The van der Waals surface area contributed by atoms with Crippen molar-refractivity contribution in [3.63, 3.8) is 0 Å². The van der Waals surface area contributed by atoms with Crippen molar-refractivity contribution in [2.75, 3.05) is 13.7 Å². The number of benzene rings is 1. The summed E-state index contributed by atoms with van der Waals surface area (Å²) in [4.78, 5) is 11.3. The van der Waals surface area contributed by atoms with Crippen molar-refractivity contribution in [1.29, 1.82) is 0 Å². The molecule has 1 aliphatic rings. The van der Waals surface area contributed by atoms with Gasteiger partial charge in [0.15, 0.2) is 11.5 Å². The van der Waals surface area contributed by atoms with E-state index >= 15 is 0 Å². The Morgan fingerprint density at radius 1 is 1.45 bits per heavy atom. The molecule has 2 rings (SSSR count). The molecule has 20 heavy (non-hydrogen) atoms. The van der Waals surface area contributed by atoms with Gasteiger partial charge in [-0.3, -0.25) is 10.2 Å². The number of hydrogen-bond acceptors (Lipinski definition) is 5. The minimum absolute atomic E-state index is 0.108. The summed E-state index contributed by atoms with van der Waals surface area (Å²) in [5.41, 5.74) is 3.20. The smallest absolute Gasteiger partial charge is 0.263 e. The molecule has 1 saturated heterocycles. The lowest BCUT2D eigenvalue weighted by atomic mass is 10.2. The zero-order chi connectivity index (χ0) is 14.5. The third kappa shape index (κ3) is 3.40. The van der Waals surface area contributed by atoms with E-state index in [4.69, 9.17) is 20.1 Å². The van der Waals surface area contributed by atoms with E-state index in [2.05, 4.69) is 5.43 Å². The Labute approximate surface area is 118 Å². The van der Waals surface area contributed by atoms with E-state index in [1.807, 2.05) is 25.1 Å². The predicted molar refractivity (Wildman–Crippen MR) is 73.5 cm³/mol. The van der Waals surface area contributed by atoms with Crippen LogP contribution in [0.15, 0.2) is 18.2 Å². The first-order valence-corrected chi connectivity index (χ1v) is 6.57. The summed E-state index contributed by atoms with van der Waals surface area (Å²) in [5, 5.41) is 0. The maximum Gasteiger partial charge on any atom is 0.263 e. The normalized spacial score (nSPS) is 21.6. The highest BCUT2D eigenvalue weighted by molar-refractivity contribution is 5.80. The molecule has 6 heteroatoms. The van der Waals surface area contributed by atoms with Crippen LogP contribution in [-0.4, -0.2) is 31.8 Å². The summed E-state index contributed by atoms with van der Waals surface area (Å²) < 4.78 is 16.6. The van der Waals surface area contributed by atoms with E-state index < -0.39 is 6.10 Å². The number of nitrogens with two attached hydrogens (primary N) is 1. The fraction of sp³-hybridized carbons (Fsp3) is 0.500. The average Bonchev–Trinajstić information content (AvgIpc) is 2.93. The zero-order valence-electron chi connectivity index (χ0n) is 11.7. The number of methoxy groups -OCH3 is 1. The summed E-state index contributed by atoms with van der Waals surface area (Å²) in [6.45, 7) is 2.37. The van der Waals surface area contributed by atoms with Crippen molar-refractivity contribution in [1.82, 2.24) is 5.43 Å². The lowest BCUT2D eigenvalue weighted by molar-refractivity contribution is -0.132. The van der Waals surface area contributed by atoms with Gasteiger partial charge in [-0.1, -0.05) is 6.07 Å². The molecule has 1 aliphatic heterocycles. The molecule has 0 saturated carbocycles.